The number of nitrogens with zero attached hydrogens (tertiary/aromatic N) is 2. The van der Waals surface area contributed by atoms with Gasteiger partial charge in [0.15, 0.2) is 0 Å². The van der Waals surface area contributed by atoms with E-state index in [4.69, 9.17) is 10.00 Å². The predicted octanol–water partition coefficient (Wildman–Crippen LogP) is 1.99. The number of aryl methyl sites for hydroxylation is 1. The average Bonchev–Trinajstić information content (AvgIpc) is 2.66. The van der Waals surface area contributed by atoms with Crippen molar-refractivity contribution in [2.24, 2.45) is 5.92 Å². The largest absolute Gasteiger partial charge is 0.372 e. The van der Waals surface area contributed by atoms with Crippen LogP contribution in [-0.4, -0.2) is 11.6 Å². The Morgan fingerprint density at radius 2 is 2.50 bits per heavy atom. The Hall–Kier alpha value is -1.40. The molecule has 3 nitrogen and oxygen atoms in total. The highest BCUT2D eigenvalue weighted by molar-refractivity contribution is 5.26. The van der Waals surface area contributed by atoms with Gasteiger partial charge >= 0.3 is 0 Å². The Bertz CT molecular complexity index is 370. The second-order valence-electron chi connectivity index (χ2n) is 3.55. The molecule has 1 aliphatic rings. The molecule has 1 aromatic rings. The Kier molecular flexibility index (Phi) is 2.47. The van der Waals surface area contributed by atoms with Gasteiger partial charge in [0, 0.05) is 24.6 Å². The Morgan fingerprint density at radius 1 is 1.64 bits per heavy atom. The van der Waals surface area contributed by atoms with E-state index in [0.29, 0.717) is 6.61 Å². The van der Waals surface area contributed by atoms with Gasteiger partial charge in [-0.3, -0.25) is 4.98 Å². The maximum Gasteiger partial charge on any atom is 0.100 e. The average molecular weight is 188 g/mol. The van der Waals surface area contributed by atoms with Crippen molar-refractivity contribution in [1.29, 1.82) is 5.26 Å². The molecule has 2 atom stereocenters. The lowest BCUT2D eigenvalue weighted by Crippen LogP contribution is -2.07. The third kappa shape index (κ3) is 1.49. The fourth-order valence-corrected chi connectivity index (χ4v) is 1.80. The van der Waals surface area contributed by atoms with Crippen molar-refractivity contribution in [3.8, 4) is 6.07 Å². The number of hydrogen-bond acceptors (Lipinski definition) is 3. The molecule has 72 valence electrons. The van der Waals surface area contributed by atoms with Gasteiger partial charge in [-0.25, -0.2) is 0 Å². The summed E-state index contributed by atoms with van der Waals surface area (Å²) in [5.74, 6) is -0.0158. The smallest absolute Gasteiger partial charge is 0.100 e. The third-order valence-electron chi connectivity index (χ3n) is 2.64. The summed E-state index contributed by atoms with van der Waals surface area (Å²) >= 11 is 0. The van der Waals surface area contributed by atoms with Crippen molar-refractivity contribution in [2.45, 2.75) is 19.4 Å². The normalized spacial score (nSPS) is 26.0. The molecule has 0 aliphatic carbocycles. The standard InChI is InChI=1S/C11H12N2O/c1-8-2-4-13-7-10(8)11-9(6-12)3-5-14-11/h2,4,7,9,11H,3,5H2,1H3. The molecule has 0 aromatic carbocycles. The van der Waals surface area contributed by atoms with Gasteiger partial charge in [0.2, 0.25) is 0 Å². The maximum atomic E-state index is 8.94. The topological polar surface area (TPSA) is 45.9 Å². The van der Waals surface area contributed by atoms with E-state index >= 15 is 0 Å². The minimum atomic E-state index is -0.0753. The summed E-state index contributed by atoms with van der Waals surface area (Å²) in [5, 5.41) is 8.94. The van der Waals surface area contributed by atoms with Crippen molar-refractivity contribution in [2.75, 3.05) is 6.61 Å². The number of nitriles is 1. The molecule has 0 spiro atoms. The number of hydrogen-bond donors (Lipinski definition) is 0. The molecule has 0 saturated carbocycles. The van der Waals surface area contributed by atoms with E-state index in [0.717, 1.165) is 17.5 Å². The molecular formula is C11H12N2O. The van der Waals surface area contributed by atoms with Crippen LogP contribution in [-0.2, 0) is 4.74 Å². The summed E-state index contributed by atoms with van der Waals surface area (Å²) in [5.41, 5.74) is 2.20. The van der Waals surface area contributed by atoms with Gasteiger partial charge in [0.25, 0.3) is 0 Å². The van der Waals surface area contributed by atoms with Crippen molar-refractivity contribution in [3.63, 3.8) is 0 Å². The lowest BCUT2D eigenvalue weighted by atomic mass is 9.95. The summed E-state index contributed by atoms with van der Waals surface area (Å²) in [6.07, 6.45) is 4.31. The molecule has 0 N–H and O–H groups in total. The third-order valence-corrected chi connectivity index (χ3v) is 2.64. The van der Waals surface area contributed by atoms with Gasteiger partial charge < -0.3 is 4.74 Å². The molecule has 1 fully saturated rings. The maximum absolute atomic E-state index is 8.94. The quantitative estimate of drug-likeness (QED) is 0.677. The molecule has 14 heavy (non-hydrogen) atoms. The molecule has 1 aliphatic heterocycles. The fourth-order valence-electron chi connectivity index (χ4n) is 1.80. The Labute approximate surface area is 83.3 Å². The van der Waals surface area contributed by atoms with Crippen molar-refractivity contribution in [1.82, 2.24) is 4.98 Å². The molecule has 1 saturated heterocycles. The van der Waals surface area contributed by atoms with E-state index in [9.17, 15) is 0 Å². The predicted molar refractivity (Wildman–Crippen MR) is 51.4 cm³/mol. The van der Waals surface area contributed by atoms with Gasteiger partial charge in [-0.1, -0.05) is 0 Å². The van der Waals surface area contributed by atoms with Crippen LogP contribution in [0.2, 0.25) is 0 Å². The minimum absolute atomic E-state index is 0.0158. The van der Waals surface area contributed by atoms with Crippen LogP contribution in [0.3, 0.4) is 0 Å². The molecular weight excluding hydrogens is 176 g/mol. The molecule has 2 rings (SSSR count). The highest BCUT2D eigenvalue weighted by atomic mass is 16.5. The molecule has 0 bridgehead atoms. The van der Waals surface area contributed by atoms with Crippen LogP contribution in [0.15, 0.2) is 18.5 Å². The van der Waals surface area contributed by atoms with Crippen LogP contribution in [0.4, 0.5) is 0 Å². The molecule has 1 aromatic heterocycles. The van der Waals surface area contributed by atoms with Crippen molar-refractivity contribution >= 4 is 0 Å². The second-order valence-corrected chi connectivity index (χ2v) is 3.55. The van der Waals surface area contributed by atoms with E-state index < -0.39 is 0 Å². The van der Waals surface area contributed by atoms with Crippen LogP contribution < -0.4 is 0 Å². The van der Waals surface area contributed by atoms with Gasteiger partial charge in [0.1, 0.15) is 6.10 Å². The van der Waals surface area contributed by atoms with Crippen molar-refractivity contribution in [3.05, 3.63) is 29.6 Å². The lowest BCUT2D eigenvalue weighted by molar-refractivity contribution is 0.0999. The molecule has 3 heteroatoms. The monoisotopic (exact) mass is 188 g/mol. The fraction of sp³-hybridized carbons (Fsp3) is 0.455. The van der Waals surface area contributed by atoms with E-state index in [2.05, 4.69) is 11.1 Å². The number of pyridine rings is 1. The zero-order valence-electron chi connectivity index (χ0n) is 8.10. The van der Waals surface area contributed by atoms with E-state index in [1.54, 1.807) is 12.4 Å². The van der Waals surface area contributed by atoms with Gasteiger partial charge in [-0.15, -0.1) is 0 Å². The van der Waals surface area contributed by atoms with E-state index in [1.165, 1.54) is 0 Å². The van der Waals surface area contributed by atoms with Crippen LogP contribution in [0.5, 0.6) is 0 Å². The van der Waals surface area contributed by atoms with Crippen LogP contribution in [0.1, 0.15) is 23.7 Å². The molecule has 0 radical (unpaired) electrons. The first-order chi connectivity index (χ1) is 6.83. The summed E-state index contributed by atoms with van der Waals surface area (Å²) < 4.78 is 5.56. The first-order valence-corrected chi connectivity index (χ1v) is 4.74. The van der Waals surface area contributed by atoms with Crippen molar-refractivity contribution < 1.29 is 4.74 Å². The van der Waals surface area contributed by atoms with Crippen LogP contribution in [0, 0.1) is 24.2 Å². The summed E-state index contributed by atoms with van der Waals surface area (Å²) in [7, 11) is 0. The van der Waals surface area contributed by atoms with Crippen LogP contribution >= 0.6 is 0 Å². The Balaban J connectivity index is 2.31. The van der Waals surface area contributed by atoms with Gasteiger partial charge in [-0.2, -0.15) is 5.26 Å². The molecule has 2 heterocycles. The number of aromatic nitrogens is 1. The lowest BCUT2D eigenvalue weighted by Gasteiger charge is -2.14. The van der Waals surface area contributed by atoms with E-state index in [1.807, 2.05) is 13.0 Å². The zero-order valence-corrected chi connectivity index (χ0v) is 8.10. The van der Waals surface area contributed by atoms with E-state index in [-0.39, 0.29) is 12.0 Å². The highest BCUT2D eigenvalue weighted by Crippen LogP contribution is 2.34. The first kappa shape index (κ1) is 9.17. The minimum Gasteiger partial charge on any atom is -0.372 e. The SMILES string of the molecule is Cc1ccncc1C1OCCC1C#N. The second kappa shape index (κ2) is 3.77. The van der Waals surface area contributed by atoms with Crippen LogP contribution in [0.25, 0.3) is 0 Å². The van der Waals surface area contributed by atoms with Gasteiger partial charge in [0.05, 0.1) is 12.0 Å². The molecule has 0 amide bonds. The molecule has 2 unspecified atom stereocenters. The summed E-state index contributed by atoms with van der Waals surface area (Å²) in [6.45, 7) is 2.70. The first-order valence-electron chi connectivity index (χ1n) is 4.74. The number of ether oxygens (including phenoxy) is 1. The highest BCUT2D eigenvalue weighted by Gasteiger charge is 2.30. The zero-order chi connectivity index (χ0) is 9.97. The summed E-state index contributed by atoms with van der Waals surface area (Å²) in [6, 6.07) is 4.24. The Morgan fingerprint density at radius 3 is 3.21 bits per heavy atom. The number of rotatable bonds is 1. The van der Waals surface area contributed by atoms with Gasteiger partial charge in [-0.05, 0) is 25.0 Å². The summed E-state index contributed by atoms with van der Waals surface area (Å²) in [4.78, 5) is 4.07.